The maximum atomic E-state index is 13.2. The predicted octanol–water partition coefficient (Wildman–Crippen LogP) is 4.96. The zero-order valence-electron chi connectivity index (χ0n) is 19.6. The summed E-state index contributed by atoms with van der Waals surface area (Å²) < 4.78 is 16.3. The van der Waals surface area contributed by atoms with Gasteiger partial charge in [0, 0.05) is 11.6 Å². The first-order valence-corrected chi connectivity index (χ1v) is 11.3. The molecule has 1 aromatic heterocycles. The summed E-state index contributed by atoms with van der Waals surface area (Å²) in [6.45, 7) is 8.24. The van der Waals surface area contributed by atoms with E-state index in [9.17, 15) is 14.7 Å². The van der Waals surface area contributed by atoms with E-state index in [1.54, 1.807) is 67.6 Å². The molecule has 8 heteroatoms. The van der Waals surface area contributed by atoms with Crippen LogP contribution >= 0.6 is 0 Å². The molecule has 1 fully saturated rings. The zero-order valence-corrected chi connectivity index (χ0v) is 19.6. The second kappa shape index (κ2) is 10.3. The minimum atomic E-state index is -0.913. The fraction of sp³-hybridized carbons (Fsp3) is 0.222. The number of aromatic nitrogens is 1. The lowest BCUT2D eigenvalue weighted by Gasteiger charge is -2.23. The molecule has 180 valence electrons. The molecule has 1 atom stereocenters. The number of anilines is 1. The normalized spacial score (nSPS) is 17.0. The highest BCUT2D eigenvalue weighted by atomic mass is 16.5. The molecule has 1 aliphatic rings. The van der Waals surface area contributed by atoms with E-state index in [4.69, 9.17) is 14.0 Å². The highest BCUT2D eigenvalue weighted by molar-refractivity contribution is 6.51. The molecule has 0 bridgehead atoms. The maximum absolute atomic E-state index is 13.2. The Morgan fingerprint density at radius 1 is 1.11 bits per heavy atom. The number of carbonyl (C=O) groups is 2. The number of ether oxygens (including phenoxy) is 2. The van der Waals surface area contributed by atoms with Gasteiger partial charge in [-0.05, 0) is 55.3 Å². The SMILES string of the molecule is C=CCOc1ccc([C@@H]2C(=C(O)c3ccc(OCCC)cc3)C(=O)C(=O)N2c2cc(C)on2)cc1. The van der Waals surface area contributed by atoms with Gasteiger partial charge in [0.05, 0.1) is 18.2 Å². The number of benzene rings is 2. The van der Waals surface area contributed by atoms with Crippen LogP contribution in [0.2, 0.25) is 0 Å². The van der Waals surface area contributed by atoms with Gasteiger partial charge in [0.25, 0.3) is 5.78 Å². The molecule has 0 radical (unpaired) electrons. The van der Waals surface area contributed by atoms with Crippen molar-refractivity contribution in [3.05, 3.63) is 89.7 Å². The molecule has 4 rings (SSSR count). The predicted molar refractivity (Wildman–Crippen MR) is 130 cm³/mol. The number of nitrogens with zero attached hydrogens (tertiary/aromatic N) is 2. The molecule has 0 aliphatic carbocycles. The van der Waals surface area contributed by atoms with Crippen molar-refractivity contribution in [1.82, 2.24) is 5.16 Å². The zero-order chi connectivity index (χ0) is 24.9. The second-order valence-corrected chi connectivity index (χ2v) is 8.01. The number of rotatable bonds is 9. The number of aliphatic hydroxyl groups is 1. The number of hydrogen-bond donors (Lipinski definition) is 1. The number of amides is 1. The molecule has 2 heterocycles. The van der Waals surface area contributed by atoms with E-state index >= 15 is 0 Å². The van der Waals surface area contributed by atoms with Gasteiger partial charge < -0.3 is 19.1 Å². The van der Waals surface area contributed by atoms with Gasteiger partial charge in [-0.25, -0.2) is 0 Å². The smallest absolute Gasteiger partial charge is 0.301 e. The number of aryl methyl sites for hydroxylation is 1. The third-order valence-electron chi connectivity index (χ3n) is 5.47. The number of aliphatic hydroxyl groups excluding tert-OH is 1. The summed E-state index contributed by atoms with van der Waals surface area (Å²) >= 11 is 0. The lowest BCUT2D eigenvalue weighted by Crippen LogP contribution is -2.29. The molecular formula is C27H26N2O6. The molecule has 35 heavy (non-hydrogen) atoms. The Morgan fingerprint density at radius 2 is 1.77 bits per heavy atom. The van der Waals surface area contributed by atoms with Crippen LogP contribution in [0.25, 0.3) is 5.76 Å². The summed E-state index contributed by atoms with van der Waals surface area (Å²) in [5.41, 5.74) is 0.942. The van der Waals surface area contributed by atoms with Crippen LogP contribution in [0.5, 0.6) is 11.5 Å². The fourth-order valence-electron chi connectivity index (χ4n) is 3.84. The van der Waals surface area contributed by atoms with Crippen LogP contribution in [0.4, 0.5) is 5.82 Å². The number of Topliss-reactive ketones (excluding diaryl/α,β-unsaturated/α-hetero) is 1. The van der Waals surface area contributed by atoms with E-state index in [0.717, 1.165) is 6.42 Å². The van der Waals surface area contributed by atoms with Crippen LogP contribution in [0.15, 0.2) is 77.3 Å². The summed E-state index contributed by atoms with van der Waals surface area (Å²) in [4.78, 5) is 27.5. The highest BCUT2D eigenvalue weighted by Crippen LogP contribution is 2.42. The van der Waals surface area contributed by atoms with E-state index < -0.39 is 17.7 Å². The number of ketones is 1. The monoisotopic (exact) mass is 474 g/mol. The van der Waals surface area contributed by atoms with Crippen molar-refractivity contribution in [1.29, 1.82) is 0 Å². The van der Waals surface area contributed by atoms with Crippen LogP contribution in [0.1, 0.15) is 36.3 Å². The van der Waals surface area contributed by atoms with Gasteiger partial charge in [0.15, 0.2) is 5.82 Å². The van der Waals surface area contributed by atoms with E-state index in [0.29, 0.717) is 41.6 Å². The van der Waals surface area contributed by atoms with Gasteiger partial charge in [0.2, 0.25) is 0 Å². The first-order valence-electron chi connectivity index (χ1n) is 11.3. The van der Waals surface area contributed by atoms with Crippen molar-refractivity contribution < 1.29 is 28.7 Å². The van der Waals surface area contributed by atoms with Gasteiger partial charge in [-0.15, -0.1) is 0 Å². The molecule has 0 saturated carbocycles. The molecule has 2 aromatic carbocycles. The molecule has 1 amide bonds. The Kier molecular flexibility index (Phi) is 7.01. The van der Waals surface area contributed by atoms with Crippen molar-refractivity contribution in [2.45, 2.75) is 26.3 Å². The van der Waals surface area contributed by atoms with Crippen LogP contribution in [-0.4, -0.2) is 35.2 Å². The van der Waals surface area contributed by atoms with Gasteiger partial charge >= 0.3 is 5.91 Å². The molecule has 0 spiro atoms. The first-order chi connectivity index (χ1) is 16.9. The molecular weight excluding hydrogens is 448 g/mol. The van der Waals surface area contributed by atoms with Crippen LogP contribution < -0.4 is 14.4 Å². The lowest BCUT2D eigenvalue weighted by molar-refractivity contribution is -0.132. The van der Waals surface area contributed by atoms with Crippen molar-refractivity contribution >= 4 is 23.3 Å². The fourth-order valence-corrected chi connectivity index (χ4v) is 3.84. The molecule has 3 aromatic rings. The largest absolute Gasteiger partial charge is 0.507 e. The Morgan fingerprint density at radius 3 is 2.37 bits per heavy atom. The van der Waals surface area contributed by atoms with Gasteiger partial charge in [-0.2, -0.15) is 0 Å². The Balaban J connectivity index is 1.79. The summed E-state index contributed by atoms with van der Waals surface area (Å²) in [5, 5.41) is 15.2. The molecule has 1 aliphatic heterocycles. The third kappa shape index (κ3) is 4.82. The third-order valence-corrected chi connectivity index (χ3v) is 5.47. The van der Waals surface area contributed by atoms with Crippen LogP contribution in [0, 0.1) is 6.92 Å². The van der Waals surface area contributed by atoms with Crippen molar-refractivity contribution in [2.24, 2.45) is 0 Å². The van der Waals surface area contributed by atoms with Crippen molar-refractivity contribution in [3.8, 4) is 11.5 Å². The minimum Gasteiger partial charge on any atom is -0.507 e. The van der Waals surface area contributed by atoms with Crippen LogP contribution in [0.3, 0.4) is 0 Å². The quantitative estimate of drug-likeness (QED) is 0.202. The second-order valence-electron chi connectivity index (χ2n) is 8.01. The van der Waals surface area contributed by atoms with Crippen molar-refractivity contribution in [3.63, 3.8) is 0 Å². The maximum Gasteiger partial charge on any atom is 0.301 e. The summed E-state index contributed by atoms with van der Waals surface area (Å²) in [6.07, 6.45) is 2.50. The van der Waals surface area contributed by atoms with E-state index in [2.05, 4.69) is 11.7 Å². The topological polar surface area (TPSA) is 102 Å². The Bertz CT molecular complexity index is 1260. The van der Waals surface area contributed by atoms with Crippen molar-refractivity contribution in [2.75, 3.05) is 18.1 Å². The lowest BCUT2D eigenvalue weighted by atomic mass is 9.95. The molecule has 8 nitrogen and oxygen atoms in total. The average molecular weight is 475 g/mol. The Labute approximate surface area is 203 Å². The molecule has 0 unspecified atom stereocenters. The average Bonchev–Trinajstić information content (AvgIpc) is 3.42. The van der Waals surface area contributed by atoms with Gasteiger partial charge in [0.1, 0.15) is 29.6 Å². The van der Waals surface area contributed by atoms with Crippen LogP contribution in [-0.2, 0) is 9.59 Å². The highest BCUT2D eigenvalue weighted by Gasteiger charge is 2.48. The first kappa shape index (κ1) is 23.8. The number of carbonyl (C=O) groups excluding carboxylic acids is 2. The minimum absolute atomic E-state index is 0.0439. The van der Waals surface area contributed by atoms with E-state index in [1.165, 1.54) is 4.90 Å². The Hall–Kier alpha value is -4.33. The molecule has 1 N–H and O–H groups in total. The van der Waals surface area contributed by atoms with Gasteiger partial charge in [-0.3, -0.25) is 14.5 Å². The molecule has 1 saturated heterocycles. The van der Waals surface area contributed by atoms with E-state index in [-0.39, 0.29) is 17.2 Å². The summed E-state index contributed by atoms with van der Waals surface area (Å²) in [6, 6.07) is 14.3. The van der Waals surface area contributed by atoms with E-state index in [1.807, 2.05) is 6.92 Å². The standard InChI is InChI=1S/C27H26N2O6/c1-4-14-33-20-10-6-18(7-11-20)24-23(25(30)19-8-12-21(13-9-19)34-15-5-2)26(31)27(32)29(24)22-16-17(3)35-28-22/h4,6-13,16,24,30H,1,5,14-15H2,2-3H3/t24-/m1/s1. The van der Waals surface area contributed by atoms with Gasteiger partial charge in [-0.1, -0.05) is 36.9 Å². The summed E-state index contributed by atoms with van der Waals surface area (Å²) in [5.74, 6) is 0.0100. The number of hydrogen-bond acceptors (Lipinski definition) is 7. The summed E-state index contributed by atoms with van der Waals surface area (Å²) in [7, 11) is 0.